The molecular formula is C24H25O4P. The zero-order valence-corrected chi connectivity index (χ0v) is 17.1. The Morgan fingerprint density at radius 2 is 1.24 bits per heavy atom. The maximum absolute atomic E-state index is 14.3. The van der Waals surface area contributed by atoms with E-state index in [2.05, 4.69) is 0 Å². The summed E-state index contributed by atoms with van der Waals surface area (Å²) in [6.45, 7) is 0.335. The lowest BCUT2D eigenvalue weighted by molar-refractivity contribution is 0.175. The predicted octanol–water partition coefficient (Wildman–Crippen LogP) is 5.52. The number of aliphatic hydroxyl groups is 1. The van der Waals surface area contributed by atoms with Gasteiger partial charge in [-0.1, -0.05) is 91.0 Å². The molecule has 3 aromatic rings. The van der Waals surface area contributed by atoms with Crippen LogP contribution in [-0.4, -0.2) is 11.7 Å². The molecule has 0 aliphatic heterocycles. The molecule has 0 heterocycles. The zero-order valence-electron chi connectivity index (χ0n) is 16.2. The normalized spacial score (nSPS) is 21.1. The van der Waals surface area contributed by atoms with Crippen LogP contribution in [0.25, 0.3) is 0 Å². The number of benzene rings is 3. The van der Waals surface area contributed by atoms with Crippen molar-refractivity contribution >= 4 is 7.60 Å². The van der Waals surface area contributed by atoms with Crippen molar-refractivity contribution in [2.45, 2.75) is 24.8 Å². The van der Waals surface area contributed by atoms with Crippen LogP contribution in [0, 0.1) is 5.92 Å². The molecule has 1 aliphatic carbocycles. The van der Waals surface area contributed by atoms with E-state index in [0.29, 0.717) is 6.42 Å². The van der Waals surface area contributed by atoms with E-state index < -0.39 is 12.8 Å². The molecule has 0 aromatic heterocycles. The van der Waals surface area contributed by atoms with E-state index in [-0.39, 0.29) is 25.7 Å². The van der Waals surface area contributed by atoms with Crippen LogP contribution in [0.15, 0.2) is 91.0 Å². The maximum atomic E-state index is 14.3. The fourth-order valence-electron chi connectivity index (χ4n) is 3.84. The molecule has 4 rings (SSSR count). The molecule has 4 nitrogen and oxygen atoms in total. The summed E-state index contributed by atoms with van der Waals surface area (Å²) in [4.78, 5) is 0. The van der Waals surface area contributed by atoms with Crippen molar-refractivity contribution in [3.05, 3.63) is 108 Å². The highest BCUT2D eigenvalue weighted by Gasteiger charge is 2.68. The molecule has 0 amide bonds. The largest absolute Gasteiger partial charge is 0.396 e. The van der Waals surface area contributed by atoms with Crippen molar-refractivity contribution < 1.29 is 18.7 Å². The maximum Gasteiger partial charge on any atom is 0.342 e. The van der Waals surface area contributed by atoms with Crippen LogP contribution < -0.4 is 0 Å². The van der Waals surface area contributed by atoms with Crippen LogP contribution in [0.2, 0.25) is 0 Å². The van der Waals surface area contributed by atoms with Crippen molar-refractivity contribution in [2.75, 3.05) is 6.61 Å². The standard InChI is InChI=1S/C24H25O4P/c25-17-23-16-24(23,22-14-8-3-9-15-22)29(26,27-18-20-10-4-1-5-11-20)28-19-21-12-6-2-7-13-21/h1-15,23,25H,16-19H2/t23-,24+/m0/s1. The predicted molar refractivity (Wildman–Crippen MR) is 113 cm³/mol. The van der Waals surface area contributed by atoms with E-state index >= 15 is 0 Å². The molecule has 0 spiro atoms. The van der Waals surface area contributed by atoms with Gasteiger partial charge in [-0.25, -0.2) is 0 Å². The first-order valence-electron chi connectivity index (χ1n) is 9.81. The minimum Gasteiger partial charge on any atom is -0.396 e. The number of hydrogen-bond acceptors (Lipinski definition) is 4. The van der Waals surface area contributed by atoms with Crippen LogP contribution in [0.3, 0.4) is 0 Å². The van der Waals surface area contributed by atoms with Crippen LogP contribution in [0.1, 0.15) is 23.1 Å². The molecule has 3 aromatic carbocycles. The Kier molecular flexibility index (Phi) is 5.98. The van der Waals surface area contributed by atoms with Crippen molar-refractivity contribution in [3.8, 4) is 0 Å². The zero-order chi connectivity index (χ0) is 20.2. The molecule has 150 valence electrons. The fraction of sp³-hybridized carbons (Fsp3) is 0.250. The van der Waals surface area contributed by atoms with Crippen molar-refractivity contribution in [1.29, 1.82) is 0 Å². The third-order valence-electron chi connectivity index (χ3n) is 5.54. The minimum absolute atomic E-state index is 0.0533. The third kappa shape index (κ3) is 4.08. The average Bonchev–Trinajstić information content (AvgIpc) is 3.55. The molecule has 0 bridgehead atoms. The van der Waals surface area contributed by atoms with Gasteiger partial charge in [-0.3, -0.25) is 4.57 Å². The van der Waals surface area contributed by atoms with Gasteiger partial charge >= 0.3 is 7.60 Å². The van der Waals surface area contributed by atoms with Gasteiger partial charge in [-0.05, 0) is 23.1 Å². The van der Waals surface area contributed by atoms with Gasteiger partial charge in [0.25, 0.3) is 0 Å². The summed E-state index contributed by atoms with van der Waals surface area (Å²) < 4.78 is 26.4. The van der Waals surface area contributed by atoms with Gasteiger partial charge in [-0.2, -0.15) is 0 Å². The van der Waals surface area contributed by atoms with Crippen LogP contribution in [0.5, 0.6) is 0 Å². The monoisotopic (exact) mass is 408 g/mol. The lowest BCUT2D eigenvalue weighted by Gasteiger charge is -2.28. The van der Waals surface area contributed by atoms with Crippen molar-refractivity contribution in [1.82, 2.24) is 0 Å². The molecule has 1 fully saturated rings. The first-order valence-corrected chi connectivity index (χ1v) is 11.4. The van der Waals surface area contributed by atoms with Gasteiger partial charge in [0.1, 0.15) is 5.16 Å². The van der Waals surface area contributed by atoms with Crippen LogP contribution in [-0.2, 0) is 32.0 Å². The number of hydrogen-bond donors (Lipinski definition) is 1. The molecule has 2 atom stereocenters. The van der Waals surface area contributed by atoms with Crippen molar-refractivity contribution in [2.24, 2.45) is 5.92 Å². The Morgan fingerprint density at radius 3 is 1.66 bits per heavy atom. The summed E-state index contributed by atoms with van der Waals surface area (Å²) >= 11 is 0. The molecule has 29 heavy (non-hydrogen) atoms. The second-order valence-electron chi connectivity index (χ2n) is 7.39. The highest BCUT2D eigenvalue weighted by molar-refractivity contribution is 7.55. The molecule has 1 N–H and O–H groups in total. The van der Waals surface area contributed by atoms with Gasteiger partial charge in [0.15, 0.2) is 0 Å². The highest BCUT2D eigenvalue weighted by atomic mass is 31.2. The quantitative estimate of drug-likeness (QED) is 0.474. The van der Waals surface area contributed by atoms with E-state index in [1.165, 1.54) is 0 Å². The lowest BCUT2D eigenvalue weighted by Crippen LogP contribution is -2.17. The highest BCUT2D eigenvalue weighted by Crippen LogP contribution is 2.79. The number of rotatable bonds is 9. The van der Waals surface area contributed by atoms with Gasteiger partial charge in [0.2, 0.25) is 0 Å². The summed E-state index contributed by atoms with van der Waals surface area (Å²) in [5.74, 6) is -0.151. The lowest BCUT2D eigenvalue weighted by atomic mass is 10.1. The van der Waals surface area contributed by atoms with Crippen LogP contribution in [0.4, 0.5) is 0 Å². The van der Waals surface area contributed by atoms with Gasteiger partial charge in [-0.15, -0.1) is 0 Å². The van der Waals surface area contributed by atoms with Gasteiger partial charge < -0.3 is 14.2 Å². The summed E-state index contributed by atoms with van der Waals surface area (Å²) in [5.41, 5.74) is 2.75. The number of aliphatic hydroxyl groups excluding tert-OH is 1. The Bertz CT molecular complexity index is 914. The van der Waals surface area contributed by atoms with E-state index in [4.69, 9.17) is 9.05 Å². The SMILES string of the molecule is O=P(OCc1ccccc1)(OCc1ccccc1)[C@@]1(c2ccccc2)C[C@H]1CO. The Balaban J connectivity index is 1.65. The van der Waals surface area contributed by atoms with Crippen molar-refractivity contribution in [3.63, 3.8) is 0 Å². The smallest absolute Gasteiger partial charge is 0.342 e. The Labute approximate surface area is 171 Å². The summed E-state index contributed by atoms with van der Waals surface area (Å²) in [5, 5.41) is 9.09. The summed E-state index contributed by atoms with van der Waals surface area (Å²) in [6.07, 6.45) is 0.578. The molecule has 0 radical (unpaired) electrons. The first kappa shape index (κ1) is 20.1. The van der Waals surface area contributed by atoms with Gasteiger partial charge in [0.05, 0.1) is 13.2 Å². The molecule has 5 heteroatoms. The van der Waals surface area contributed by atoms with E-state index in [9.17, 15) is 9.67 Å². The molecule has 0 unspecified atom stereocenters. The van der Waals surface area contributed by atoms with E-state index in [0.717, 1.165) is 16.7 Å². The Morgan fingerprint density at radius 1 is 0.793 bits per heavy atom. The van der Waals surface area contributed by atoms with Crippen LogP contribution >= 0.6 is 7.60 Å². The first-order chi connectivity index (χ1) is 14.2. The molecular weight excluding hydrogens is 383 g/mol. The molecule has 1 aliphatic rings. The summed E-state index contributed by atoms with van der Waals surface area (Å²) in [6, 6.07) is 29.0. The third-order valence-corrected chi connectivity index (χ3v) is 8.26. The average molecular weight is 408 g/mol. The Hall–Kier alpha value is -2.23. The summed E-state index contributed by atoms with van der Waals surface area (Å²) in [7, 11) is -3.60. The van der Waals surface area contributed by atoms with E-state index in [1.54, 1.807) is 0 Å². The van der Waals surface area contributed by atoms with E-state index in [1.807, 2.05) is 91.0 Å². The fourth-order valence-corrected chi connectivity index (χ4v) is 6.45. The molecule has 0 saturated heterocycles. The van der Waals surface area contributed by atoms with Gasteiger partial charge in [0, 0.05) is 12.5 Å². The minimum atomic E-state index is -3.60. The molecule has 1 saturated carbocycles. The topological polar surface area (TPSA) is 55.8 Å². The second kappa shape index (κ2) is 8.64. The second-order valence-corrected chi connectivity index (χ2v) is 9.70.